The van der Waals surface area contributed by atoms with E-state index in [9.17, 15) is 14.4 Å². The van der Waals surface area contributed by atoms with E-state index in [4.69, 9.17) is 21.1 Å². The van der Waals surface area contributed by atoms with Gasteiger partial charge in [0, 0.05) is 17.3 Å². The monoisotopic (exact) mass is 458 g/mol. The summed E-state index contributed by atoms with van der Waals surface area (Å²) in [6.45, 7) is 5.23. The first-order chi connectivity index (χ1) is 15.3. The van der Waals surface area contributed by atoms with Crippen LogP contribution in [0.25, 0.3) is 0 Å². The lowest BCUT2D eigenvalue weighted by atomic mass is 10.2. The Labute approximate surface area is 190 Å². The van der Waals surface area contributed by atoms with Gasteiger partial charge in [-0.1, -0.05) is 23.7 Å². The summed E-state index contributed by atoms with van der Waals surface area (Å²) in [6.07, 6.45) is 2.78. The molecule has 0 unspecified atom stereocenters. The largest absolute Gasteiger partial charge is 0.493 e. The van der Waals surface area contributed by atoms with E-state index in [1.165, 1.54) is 19.4 Å². The smallest absolute Gasteiger partial charge is 0.329 e. The average Bonchev–Trinajstić information content (AvgIpc) is 2.78. The maximum absolute atomic E-state index is 12.2. The van der Waals surface area contributed by atoms with Crippen molar-refractivity contribution >= 4 is 41.2 Å². The summed E-state index contributed by atoms with van der Waals surface area (Å²) in [7, 11) is 1.45. The number of aryl methyl sites for hydroxylation is 1. The zero-order valence-electron chi connectivity index (χ0n) is 17.6. The van der Waals surface area contributed by atoms with Crippen LogP contribution in [0.15, 0.2) is 54.2 Å². The number of methoxy groups -OCH3 is 1. The van der Waals surface area contributed by atoms with Crippen LogP contribution in [0.4, 0.5) is 5.69 Å². The molecule has 0 aliphatic rings. The number of hydrazone groups is 1. The van der Waals surface area contributed by atoms with Crippen LogP contribution >= 0.6 is 11.6 Å². The van der Waals surface area contributed by atoms with E-state index in [-0.39, 0.29) is 19.1 Å². The summed E-state index contributed by atoms with van der Waals surface area (Å²) in [6, 6.07) is 10.0. The van der Waals surface area contributed by atoms with Crippen molar-refractivity contribution in [1.29, 1.82) is 0 Å². The molecule has 0 saturated heterocycles. The molecule has 3 N–H and O–H groups in total. The maximum Gasteiger partial charge on any atom is 0.329 e. The molecule has 2 rings (SSSR count). The summed E-state index contributed by atoms with van der Waals surface area (Å²) in [4.78, 5) is 35.2. The molecule has 0 aliphatic carbocycles. The van der Waals surface area contributed by atoms with Crippen LogP contribution in [0.1, 0.15) is 11.1 Å². The highest BCUT2D eigenvalue weighted by molar-refractivity contribution is 6.35. The number of nitrogens with zero attached hydrogens (tertiary/aromatic N) is 1. The van der Waals surface area contributed by atoms with Crippen molar-refractivity contribution in [1.82, 2.24) is 10.7 Å². The molecule has 9 nitrogen and oxygen atoms in total. The summed E-state index contributed by atoms with van der Waals surface area (Å²) in [5.74, 6) is -1.40. The first kappa shape index (κ1) is 24.4. The second-order valence-corrected chi connectivity index (χ2v) is 6.82. The highest BCUT2D eigenvalue weighted by Gasteiger charge is 2.11. The Morgan fingerprint density at radius 1 is 1.12 bits per heavy atom. The van der Waals surface area contributed by atoms with Gasteiger partial charge in [0.05, 0.1) is 13.3 Å². The van der Waals surface area contributed by atoms with Crippen LogP contribution in [0.2, 0.25) is 5.02 Å². The van der Waals surface area contributed by atoms with Crippen LogP contribution in [-0.4, -0.2) is 44.2 Å². The lowest BCUT2D eigenvalue weighted by Crippen LogP contribution is -2.37. The zero-order chi connectivity index (χ0) is 23.5. The van der Waals surface area contributed by atoms with Gasteiger partial charge >= 0.3 is 11.8 Å². The van der Waals surface area contributed by atoms with Gasteiger partial charge in [0.1, 0.15) is 0 Å². The first-order valence-electron chi connectivity index (χ1n) is 9.43. The third-order valence-corrected chi connectivity index (χ3v) is 4.40. The van der Waals surface area contributed by atoms with Gasteiger partial charge in [-0.05, 0) is 48.4 Å². The molecule has 2 aromatic carbocycles. The number of hydrogen-bond acceptors (Lipinski definition) is 6. The fourth-order valence-electron chi connectivity index (χ4n) is 2.36. The number of rotatable bonds is 9. The maximum atomic E-state index is 12.2. The average molecular weight is 459 g/mol. The van der Waals surface area contributed by atoms with Crippen LogP contribution in [0, 0.1) is 6.92 Å². The Morgan fingerprint density at radius 2 is 1.91 bits per heavy atom. The summed E-state index contributed by atoms with van der Waals surface area (Å²) < 4.78 is 10.8. The second kappa shape index (κ2) is 12.1. The molecular formula is C22H23ClN4O5. The molecule has 0 saturated carbocycles. The highest BCUT2D eigenvalue weighted by atomic mass is 35.5. The van der Waals surface area contributed by atoms with Gasteiger partial charge in [-0.3, -0.25) is 14.4 Å². The second-order valence-electron chi connectivity index (χ2n) is 6.41. The molecule has 32 heavy (non-hydrogen) atoms. The fourth-order valence-corrected chi connectivity index (χ4v) is 2.54. The van der Waals surface area contributed by atoms with Crippen LogP contribution in [0.5, 0.6) is 11.5 Å². The number of carbonyl (C=O) groups excluding carboxylic acids is 3. The molecule has 168 valence electrons. The van der Waals surface area contributed by atoms with Crippen LogP contribution in [-0.2, 0) is 14.4 Å². The Bertz CT molecular complexity index is 1040. The topological polar surface area (TPSA) is 118 Å². The first-order valence-corrected chi connectivity index (χ1v) is 9.80. The minimum Gasteiger partial charge on any atom is -0.493 e. The molecule has 0 fully saturated rings. The molecule has 0 spiro atoms. The number of benzene rings is 2. The molecule has 0 aromatic heterocycles. The molecule has 0 atom stereocenters. The van der Waals surface area contributed by atoms with Crippen LogP contribution < -0.4 is 25.5 Å². The van der Waals surface area contributed by atoms with Crippen molar-refractivity contribution in [3.63, 3.8) is 0 Å². The molecule has 0 radical (unpaired) electrons. The van der Waals surface area contributed by atoms with Crippen molar-refractivity contribution < 1.29 is 23.9 Å². The van der Waals surface area contributed by atoms with Crippen molar-refractivity contribution in [2.45, 2.75) is 6.92 Å². The SMILES string of the molecule is C=CCNC(=O)C(=O)N/N=C\c1ccc(OCC(=O)Nc2ccc(C)c(Cl)c2)c(OC)c1. The lowest BCUT2D eigenvalue weighted by molar-refractivity contribution is -0.139. The van der Waals surface area contributed by atoms with Crippen molar-refractivity contribution in [3.05, 3.63) is 65.2 Å². The van der Waals surface area contributed by atoms with Gasteiger partial charge in [-0.15, -0.1) is 6.58 Å². The standard InChI is InChI=1S/C22H23ClN4O5/c1-4-9-24-21(29)22(30)27-25-12-15-6-8-18(19(10-15)31-3)32-13-20(28)26-16-7-5-14(2)17(23)11-16/h4-8,10-12H,1,9,13H2,2-3H3,(H,24,29)(H,26,28)(H,27,30)/b25-12-. The van der Waals surface area contributed by atoms with Gasteiger partial charge in [-0.2, -0.15) is 5.10 Å². The van der Waals surface area contributed by atoms with Gasteiger partial charge < -0.3 is 20.1 Å². The summed E-state index contributed by atoms with van der Waals surface area (Å²) in [5, 5.41) is 9.31. The number of anilines is 1. The number of halogens is 1. The number of hydrogen-bond donors (Lipinski definition) is 3. The highest BCUT2D eigenvalue weighted by Crippen LogP contribution is 2.27. The quantitative estimate of drug-likeness (QED) is 0.231. The Kier molecular flexibility index (Phi) is 9.24. The van der Waals surface area contributed by atoms with Crippen LogP contribution in [0.3, 0.4) is 0 Å². The fraction of sp³-hybridized carbons (Fsp3) is 0.182. The van der Waals surface area contributed by atoms with Gasteiger partial charge in [-0.25, -0.2) is 5.43 Å². The number of carbonyl (C=O) groups is 3. The molecule has 0 heterocycles. The number of ether oxygens (including phenoxy) is 2. The molecule has 3 amide bonds. The van der Waals surface area contributed by atoms with E-state index in [0.717, 1.165) is 5.56 Å². The zero-order valence-corrected chi connectivity index (χ0v) is 18.4. The van der Waals surface area contributed by atoms with E-state index in [2.05, 4.69) is 27.7 Å². The third kappa shape index (κ3) is 7.44. The van der Waals surface area contributed by atoms with Gasteiger partial charge in [0.2, 0.25) is 0 Å². The van der Waals surface area contributed by atoms with E-state index < -0.39 is 11.8 Å². The van der Waals surface area contributed by atoms with Gasteiger partial charge in [0.15, 0.2) is 18.1 Å². The Morgan fingerprint density at radius 3 is 2.59 bits per heavy atom. The Hall–Kier alpha value is -3.85. The molecule has 2 aromatic rings. The predicted octanol–water partition coefficient (Wildman–Crippen LogP) is 2.43. The molecular weight excluding hydrogens is 436 g/mol. The number of amides is 3. The number of nitrogens with one attached hydrogen (secondary N) is 3. The minimum absolute atomic E-state index is 0.172. The molecule has 10 heteroatoms. The molecule has 0 bridgehead atoms. The Balaban J connectivity index is 1.92. The normalized spacial score (nSPS) is 10.3. The van der Waals surface area contributed by atoms with E-state index in [0.29, 0.717) is 27.8 Å². The van der Waals surface area contributed by atoms with Crippen molar-refractivity contribution in [2.24, 2.45) is 5.10 Å². The summed E-state index contributed by atoms with van der Waals surface area (Å²) in [5.41, 5.74) is 4.15. The predicted molar refractivity (Wildman–Crippen MR) is 122 cm³/mol. The minimum atomic E-state index is -0.907. The van der Waals surface area contributed by atoms with Gasteiger partial charge in [0.25, 0.3) is 5.91 Å². The lowest BCUT2D eigenvalue weighted by Gasteiger charge is -2.12. The molecule has 0 aliphatic heterocycles. The van der Waals surface area contributed by atoms with E-state index in [1.54, 1.807) is 36.4 Å². The summed E-state index contributed by atoms with van der Waals surface area (Å²) >= 11 is 6.06. The van der Waals surface area contributed by atoms with Crippen molar-refractivity contribution in [2.75, 3.05) is 25.6 Å². The van der Waals surface area contributed by atoms with E-state index in [1.807, 2.05) is 6.92 Å². The van der Waals surface area contributed by atoms with Crippen molar-refractivity contribution in [3.8, 4) is 11.5 Å². The third-order valence-electron chi connectivity index (χ3n) is 3.99. The van der Waals surface area contributed by atoms with E-state index >= 15 is 0 Å².